The molecule has 3 rings (SSSR count). The first kappa shape index (κ1) is 9.84. The number of benzene rings is 1. The highest BCUT2D eigenvalue weighted by Crippen LogP contribution is 2.23. The van der Waals surface area contributed by atoms with Gasteiger partial charge in [0.25, 0.3) is 0 Å². The fourth-order valence-electron chi connectivity index (χ4n) is 1.80. The Morgan fingerprint density at radius 3 is 2.59 bits per heavy atom. The number of imidazole rings is 1. The van der Waals surface area contributed by atoms with Crippen LogP contribution in [0.15, 0.2) is 48.8 Å². The zero-order valence-corrected chi connectivity index (χ0v) is 8.84. The van der Waals surface area contributed by atoms with Gasteiger partial charge in [-0.15, -0.1) is 0 Å². The van der Waals surface area contributed by atoms with Crippen LogP contribution >= 0.6 is 0 Å². The van der Waals surface area contributed by atoms with Crippen LogP contribution in [-0.4, -0.2) is 14.5 Å². The van der Waals surface area contributed by atoms with E-state index in [1.54, 1.807) is 40.9 Å². The monoisotopic (exact) mass is 228 g/mol. The maximum Gasteiger partial charge on any atom is 0.139 e. The molecule has 2 aromatic heterocycles. The van der Waals surface area contributed by atoms with Crippen LogP contribution in [0.3, 0.4) is 0 Å². The minimum absolute atomic E-state index is 0.203. The number of phenols is 1. The van der Waals surface area contributed by atoms with E-state index in [0.29, 0.717) is 5.65 Å². The summed E-state index contributed by atoms with van der Waals surface area (Å²) in [7, 11) is 0. The van der Waals surface area contributed by atoms with Crippen LogP contribution in [0.1, 0.15) is 0 Å². The molecule has 0 aliphatic rings. The van der Waals surface area contributed by atoms with Gasteiger partial charge in [-0.1, -0.05) is 0 Å². The molecule has 0 aliphatic heterocycles. The lowest BCUT2D eigenvalue weighted by atomic mass is 10.1. The van der Waals surface area contributed by atoms with Gasteiger partial charge in [0.1, 0.15) is 17.2 Å². The number of nitrogens with zero attached hydrogens (tertiary/aromatic N) is 2. The Balaban J connectivity index is 2.23. The van der Waals surface area contributed by atoms with E-state index in [-0.39, 0.29) is 11.6 Å². The van der Waals surface area contributed by atoms with E-state index in [0.717, 1.165) is 11.3 Å². The molecule has 3 nitrogen and oxygen atoms in total. The van der Waals surface area contributed by atoms with Crippen molar-refractivity contribution in [1.29, 1.82) is 0 Å². The van der Waals surface area contributed by atoms with Crippen molar-refractivity contribution in [3.8, 4) is 17.0 Å². The summed E-state index contributed by atoms with van der Waals surface area (Å²) < 4.78 is 14.9. The van der Waals surface area contributed by atoms with Gasteiger partial charge in [0.05, 0.1) is 11.9 Å². The average molecular weight is 228 g/mol. The molecule has 84 valence electrons. The summed E-state index contributed by atoms with van der Waals surface area (Å²) in [6, 6.07) is 9.72. The third-order valence-electron chi connectivity index (χ3n) is 2.63. The molecule has 0 bridgehead atoms. The number of aromatic hydroxyl groups is 1. The number of rotatable bonds is 1. The van der Waals surface area contributed by atoms with Gasteiger partial charge in [0.15, 0.2) is 0 Å². The molecular formula is C13H9FN2O. The van der Waals surface area contributed by atoms with Gasteiger partial charge in [0, 0.05) is 11.8 Å². The van der Waals surface area contributed by atoms with E-state index >= 15 is 0 Å². The highest BCUT2D eigenvalue weighted by molar-refractivity contribution is 5.64. The second kappa shape index (κ2) is 3.59. The third-order valence-corrected chi connectivity index (χ3v) is 2.63. The normalized spacial score (nSPS) is 10.9. The van der Waals surface area contributed by atoms with Gasteiger partial charge >= 0.3 is 0 Å². The van der Waals surface area contributed by atoms with Crippen LogP contribution in [0.5, 0.6) is 5.75 Å². The second-order valence-corrected chi connectivity index (χ2v) is 3.77. The number of hydrogen-bond donors (Lipinski definition) is 1. The van der Waals surface area contributed by atoms with Gasteiger partial charge < -0.3 is 5.11 Å². The molecule has 0 amide bonds. The standard InChI is InChI=1S/C13H9FN2O/c14-10-3-6-13-15-7-12(16(13)8-10)9-1-4-11(17)5-2-9/h1-8,17H. The molecule has 17 heavy (non-hydrogen) atoms. The van der Waals surface area contributed by atoms with Gasteiger partial charge in [-0.2, -0.15) is 0 Å². The Morgan fingerprint density at radius 1 is 1.06 bits per heavy atom. The van der Waals surface area contributed by atoms with Crippen LogP contribution in [-0.2, 0) is 0 Å². The van der Waals surface area contributed by atoms with E-state index < -0.39 is 0 Å². The summed E-state index contributed by atoms with van der Waals surface area (Å²) in [6.45, 7) is 0. The molecule has 0 unspecified atom stereocenters. The minimum atomic E-state index is -0.310. The molecule has 0 saturated carbocycles. The number of aromatic nitrogens is 2. The van der Waals surface area contributed by atoms with Gasteiger partial charge in [-0.25, -0.2) is 9.37 Å². The fourth-order valence-corrected chi connectivity index (χ4v) is 1.80. The van der Waals surface area contributed by atoms with Crippen molar-refractivity contribution in [3.05, 3.63) is 54.6 Å². The van der Waals surface area contributed by atoms with E-state index in [9.17, 15) is 9.50 Å². The number of fused-ring (bicyclic) bond motifs is 1. The fraction of sp³-hybridized carbons (Fsp3) is 0. The number of phenolic OH excluding ortho intramolecular Hbond substituents is 1. The van der Waals surface area contributed by atoms with Crippen molar-refractivity contribution in [2.45, 2.75) is 0 Å². The number of hydrogen-bond acceptors (Lipinski definition) is 2. The quantitative estimate of drug-likeness (QED) is 0.695. The van der Waals surface area contributed by atoms with Crippen LogP contribution in [0.4, 0.5) is 4.39 Å². The molecule has 0 fully saturated rings. The highest BCUT2D eigenvalue weighted by atomic mass is 19.1. The summed E-state index contributed by atoms with van der Waals surface area (Å²) >= 11 is 0. The van der Waals surface area contributed by atoms with E-state index in [1.807, 2.05) is 0 Å². The largest absolute Gasteiger partial charge is 0.508 e. The van der Waals surface area contributed by atoms with E-state index in [1.165, 1.54) is 12.3 Å². The van der Waals surface area contributed by atoms with Crippen molar-refractivity contribution in [3.63, 3.8) is 0 Å². The van der Waals surface area contributed by atoms with Gasteiger partial charge in [-0.3, -0.25) is 4.40 Å². The molecule has 3 aromatic rings. The van der Waals surface area contributed by atoms with Crippen molar-refractivity contribution in [2.75, 3.05) is 0 Å². The van der Waals surface area contributed by atoms with E-state index in [4.69, 9.17) is 0 Å². The van der Waals surface area contributed by atoms with Gasteiger partial charge in [-0.05, 0) is 36.4 Å². The van der Waals surface area contributed by atoms with Gasteiger partial charge in [0.2, 0.25) is 0 Å². The van der Waals surface area contributed by atoms with Crippen molar-refractivity contribution < 1.29 is 9.50 Å². The summed E-state index contributed by atoms with van der Waals surface area (Å²) in [6.07, 6.45) is 3.08. The second-order valence-electron chi connectivity index (χ2n) is 3.77. The summed E-state index contributed by atoms with van der Waals surface area (Å²) in [5.41, 5.74) is 2.36. The summed E-state index contributed by atoms with van der Waals surface area (Å²) in [4.78, 5) is 4.19. The van der Waals surface area contributed by atoms with Crippen LogP contribution in [0.25, 0.3) is 16.9 Å². The predicted molar refractivity (Wildman–Crippen MR) is 62.3 cm³/mol. The van der Waals surface area contributed by atoms with Crippen molar-refractivity contribution in [1.82, 2.24) is 9.38 Å². The topological polar surface area (TPSA) is 37.5 Å². The molecule has 0 aliphatic carbocycles. The minimum Gasteiger partial charge on any atom is -0.508 e. The first-order valence-electron chi connectivity index (χ1n) is 5.16. The molecule has 4 heteroatoms. The first-order chi connectivity index (χ1) is 8.24. The van der Waals surface area contributed by atoms with Crippen LogP contribution in [0.2, 0.25) is 0 Å². The zero-order chi connectivity index (χ0) is 11.8. The van der Waals surface area contributed by atoms with Crippen molar-refractivity contribution >= 4 is 5.65 Å². The van der Waals surface area contributed by atoms with Crippen LogP contribution < -0.4 is 0 Å². The number of halogens is 1. The molecule has 1 aromatic carbocycles. The molecule has 0 spiro atoms. The third kappa shape index (κ3) is 1.63. The number of pyridine rings is 1. The Kier molecular flexibility index (Phi) is 2.08. The Bertz CT molecular complexity index is 673. The lowest BCUT2D eigenvalue weighted by molar-refractivity contribution is 0.475. The highest BCUT2D eigenvalue weighted by Gasteiger charge is 2.06. The summed E-state index contributed by atoms with van der Waals surface area (Å²) in [5, 5.41) is 9.23. The Hall–Kier alpha value is -2.36. The molecule has 1 N–H and O–H groups in total. The van der Waals surface area contributed by atoms with E-state index in [2.05, 4.69) is 4.98 Å². The first-order valence-corrected chi connectivity index (χ1v) is 5.16. The lowest BCUT2D eigenvalue weighted by Gasteiger charge is -2.02. The Labute approximate surface area is 96.8 Å². The average Bonchev–Trinajstić information content (AvgIpc) is 2.73. The predicted octanol–water partition coefficient (Wildman–Crippen LogP) is 2.85. The Morgan fingerprint density at radius 2 is 1.82 bits per heavy atom. The smallest absolute Gasteiger partial charge is 0.139 e. The SMILES string of the molecule is Oc1ccc(-c2cnc3ccc(F)cn23)cc1. The van der Waals surface area contributed by atoms with Crippen molar-refractivity contribution in [2.24, 2.45) is 0 Å². The molecule has 0 saturated heterocycles. The molecule has 2 heterocycles. The molecule has 0 atom stereocenters. The maximum absolute atomic E-state index is 13.2. The maximum atomic E-state index is 13.2. The summed E-state index contributed by atoms with van der Waals surface area (Å²) in [5.74, 6) is -0.107. The zero-order valence-electron chi connectivity index (χ0n) is 8.84. The van der Waals surface area contributed by atoms with Crippen LogP contribution in [0, 0.1) is 5.82 Å². The lowest BCUT2D eigenvalue weighted by Crippen LogP contribution is -1.89. The molecule has 0 radical (unpaired) electrons. The molecular weight excluding hydrogens is 219 g/mol.